The first kappa shape index (κ1) is 27.8. The van der Waals surface area contributed by atoms with Gasteiger partial charge in [0.15, 0.2) is 8.07 Å². The summed E-state index contributed by atoms with van der Waals surface area (Å²) in [6.45, 7) is 0. The van der Waals surface area contributed by atoms with E-state index in [1.54, 1.807) is 0 Å². The summed E-state index contributed by atoms with van der Waals surface area (Å²) in [5.41, 5.74) is 3.65. The van der Waals surface area contributed by atoms with Crippen LogP contribution in [0.15, 0.2) is 176 Å². The van der Waals surface area contributed by atoms with Crippen molar-refractivity contribution in [2.45, 2.75) is 0 Å². The van der Waals surface area contributed by atoms with Crippen molar-refractivity contribution in [2.24, 2.45) is 0 Å². The van der Waals surface area contributed by atoms with E-state index in [0.717, 1.165) is 0 Å². The summed E-state index contributed by atoms with van der Waals surface area (Å²) in [6.07, 6.45) is 0. The highest BCUT2D eigenvalue weighted by atomic mass is 32.2. The first-order valence-corrected chi connectivity index (χ1v) is 20.0. The van der Waals surface area contributed by atoms with E-state index in [0.29, 0.717) is 0 Å². The number of benzene rings is 7. The molecule has 0 spiro atoms. The smallest absolute Gasteiger partial charge is 0.179 e. The van der Waals surface area contributed by atoms with E-state index in [9.17, 15) is 0 Å². The van der Waals surface area contributed by atoms with Crippen LogP contribution in [0.5, 0.6) is 0 Å². The largest absolute Gasteiger partial charge is 0.309 e. The zero-order valence-electron chi connectivity index (χ0n) is 26.0. The van der Waals surface area contributed by atoms with Crippen molar-refractivity contribution in [3.8, 4) is 5.69 Å². The highest BCUT2D eigenvalue weighted by Crippen LogP contribution is 2.44. The molecule has 10 aromatic rings. The molecule has 3 aromatic heterocycles. The third-order valence-corrected chi connectivity index (χ3v) is 17.2. The van der Waals surface area contributed by atoms with Gasteiger partial charge in [0.25, 0.3) is 0 Å². The molecule has 0 unspecified atom stereocenters. The van der Waals surface area contributed by atoms with E-state index in [-0.39, 0.29) is 0 Å². The van der Waals surface area contributed by atoms with Crippen LogP contribution in [0, 0.1) is 0 Å². The number of fused-ring (bicyclic) bond motifs is 8. The van der Waals surface area contributed by atoms with Gasteiger partial charge in [-0.2, -0.15) is 0 Å². The summed E-state index contributed by atoms with van der Waals surface area (Å²) in [4.78, 5) is 0. The molecular weight excluding hydrogens is 635 g/mol. The Hall–Kier alpha value is -5.26. The van der Waals surface area contributed by atoms with Crippen molar-refractivity contribution in [3.05, 3.63) is 176 Å². The number of hydrogen-bond acceptors (Lipinski definition) is 2. The Balaban J connectivity index is 1.31. The van der Waals surface area contributed by atoms with E-state index >= 15 is 0 Å². The quantitative estimate of drug-likeness (QED) is 0.128. The van der Waals surface area contributed by atoms with E-state index < -0.39 is 8.07 Å². The summed E-state index contributed by atoms with van der Waals surface area (Å²) in [5.74, 6) is 0. The van der Waals surface area contributed by atoms with Crippen molar-refractivity contribution in [3.63, 3.8) is 0 Å². The lowest BCUT2D eigenvalue weighted by molar-refractivity contribution is 1.18. The molecule has 0 saturated carbocycles. The Morgan fingerprint density at radius 2 is 0.896 bits per heavy atom. The van der Waals surface area contributed by atoms with E-state index in [4.69, 9.17) is 0 Å². The number of rotatable bonds is 5. The van der Waals surface area contributed by atoms with E-state index in [1.807, 2.05) is 22.7 Å². The number of aromatic nitrogens is 1. The first-order chi connectivity index (χ1) is 23.8. The number of thiophene rings is 2. The normalized spacial score (nSPS) is 12.2. The molecule has 0 bridgehead atoms. The molecule has 10 rings (SSSR count). The molecule has 1 nitrogen and oxygen atoms in total. The standard InChI is InChI=1S/C44H29NS2Si/c1-3-15-31(16-4-1)48(32-17-5-2-6-18-32,34-26-27-42-38(29-34)43-37-22-9-12-25-41(37)46-44(43)47-42)33-19-13-14-30(28-33)45-39-23-10-7-20-35(39)36-21-8-11-24-40(36)45/h1-29H. The maximum Gasteiger partial charge on any atom is 0.179 e. The number of nitrogens with zero attached hydrogens (tertiary/aromatic N) is 1. The maximum absolute atomic E-state index is 2.81. The van der Waals surface area contributed by atoms with Gasteiger partial charge in [-0.25, -0.2) is 0 Å². The Bertz CT molecular complexity index is 2700. The Morgan fingerprint density at radius 1 is 0.375 bits per heavy atom. The predicted octanol–water partition coefficient (Wildman–Crippen LogP) is 9.74. The lowest BCUT2D eigenvalue weighted by atomic mass is 10.1. The molecule has 226 valence electrons. The van der Waals surface area contributed by atoms with Crippen LogP contribution >= 0.6 is 22.7 Å². The highest BCUT2D eigenvalue weighted by molar-refractivity contribution is 7.44. The number of hydrogen-bond donors (Lipinski definition) is 0. The van der Waals surface area contributed by atoms with Gasteiger partial charge in [0.2, 0.25) is 0 Å². The lowest BCUT2D eigenvalue weighted by Gasteiger charge is -2.35. The van der Waals surface area contributed by atoms with E-state index in [1.165, 1.54) is 77.8 Å². The van der Waals surface area contributed by atoms with Crippen LogP contribution in [0.1, 0.15) is 0 Å². The zero-order chi connectivity index (χ0) is 31.7. The van der Waals surface area contributed by atoms with Gasteiger partial charge in [-0.05, 0) is 57.1 Å². The second kappa shape index (κ2) is 10.9. The molecule has 0 N–H and O–H groups in total. The molecule has 0 amide bonds. The Morgan fingerprint density at radius 3 is 1.56 bits per heavy atom. The molecule has 7 aromatic carbocycles. The molecule has 0 aliphatic carbocycles. The molecule has 0 radical (unpaired) electrons. The van der Waals surface area contributed by atoms with Crippen LogP contribution in [0.4, 0.5) is 0 Å². The average molecular weight is 664 g/mol. The topological polar surface area (TPSA) is 4.93 Å². The summed E-state index contributed by atoms with van der Waals surface area (Å²) in [6, 6.07) is 65.9. The molecule has 4 heteroatoms. The third kappa shape index (κ3) is 4.00. The zero-order valence-corrected chi connectivity index (χ0v) is 28.6. The van der Waals surface area contributed by atoms with E-state index in [2.05, 4.69) is 180 Å². The van der Waals surface area contributed by atoms with Gasteiger partial charge in [0.1, 0.15) is 0 Å². The van der Waals surface area contributed by atoms with Crippen LogP contribution in [-0.2, 0) is 0 Å². The second-order valence-electron chi connectivity index (χ2n) is 12.5. The summed E-state index contributed by atoms with van der Waals surface area (Å²) >= 11 is 3.85. The van der Waals surface area contributed by atoms with Gasteiger partial charge < -0.3 is 4.57 Å². The van der Waals surface area contributed by atoms with Gasteiger partial charge in [-0.3, -0.25) is 0 Å². The minimum atomic E-state index is -2.81. The molecule has 3 heterocycles. The van der Waals surface area contributed by atoms with Gasteiger partial charge >= 0.3 is 0 Å². The predicted molar refractivity (Wildman–Crippen MR) is 213 cm³/mol. The molecule has 48 heavy (non-hydrogen) atoms. The lowest BCUT2D eigenvalue weighted by Crippen LogP contribution is -2.74. The fourth-order valence-electron chi connectivity index (χ4n) is 7.95. The monoisotopic (exact) mass is 663 g/mol. The van der Waals surface area contributed by atoms with Crippen molar-refractivity contribution < 1.29 is 0 Å². The first-order valence-electron chi connectivity index (χ1n) is 16.4. The number of para-hydroxylation sites is 2. The van der Waals surface area contributed by atoms with Gasteiger partial charge in [0, 0.05) is 42.0 Å². The molecular formula is C44H29NS2Si. The maximum atomic E-state index is 2.55. The van der Waals surface area contributed by atoms with Crippen LogP contribution in [0.25, 0.3) is 57.1 Å². The summed E-state index contributed by atoms with van der Waals surface area (Å²) in [5, 5.41) is 12.2. The SMILES string of the molecule is c1ccc([Si](c2ccccc2)(c2cccc(-n3c4ccccc4c4ccccc43)c2)c2ccc3sc4sc5ccccc5c4c3c2)cc1. The van der Waals surface area contributed by atoms with Gasteiger partial charge in [-0.1, -0.05) is 140 Å². The molecule has 0 atom stereocenters. The van der Waals surface area contributed by atoms with Gasteiger partial charge in [-0.15, -0.1) is 22.7 Å². The van der Waals surface area contributed by atoms with Crippen LogP contribution in [0.2, 0.25) is 0 Å². The van der Waals surface area contributed by atoms with Crippen molar-refractivity contribution >= 4 is 103 Å². The minimum Gasteiger partial charge on any atom is -0.309 e. The van der Waals surface area contributed by atoms with Crippen LogP contribution < -0.4 is 20.7 Å². The molecule has 0 fully saturated rings. The molecule has 0 aliphatic heterocycles. The summed E-state index contributed by atoms with van der Waals surface area (Å²) < 4.78 is 6.57. The molecule has 0 saturated heterocycles. The minimum absolute atomic E-state index is 1.19. The Kier molecular flexibility index (Phi) is 6.31. The average Bonchev–Trinajstić information content (AvgIpc) is 3.81. The van der Waals surface area contributed by atoms with Crippen LogP contribution in [-0.4, -0.2) is 12.6 Å². The van der Waals surface area contributed by atoms with Crippen molar-refractivity contribution in [1.82, 2.24) is 4.57 Å². The fourth-order valence-corrected chi connectivity index (χ4v) is 15.3. The van der Waals surface area contributed by atoms with Gasteiger partial charge in [0.05, 0.1) is 15.0 Å². The Labute approximate surface area is 287 Å². The van der Waals surface area contributed by atoms with Crippen molar-refractivity contribution in [1.29, 1.82) is 0 Å². The second-order valence-corrected chi connectivity index (χ2v) is 18.6. The highest BCUT2D eigenvalue weighted by Gasteiger charge is 2.42. The van der Waals surface area contributed by atoms with Crippen molar-refractivity contribution in [2.75, 3.05) is 0 Å². The fraction of sp³-hybridized carbons (Fsp3) is 0. The summed E-state index contributed by atoms with van der Waals surface area (Å²) in [7, 11) is -2.81. The molecule has 0 aliphatic rings. The van der Waals surface area contributed by atoms with Crippen LogP contribution in [0.3, 0.4) is 0 Å². The third-order valence-electron chi connectivity index (χ3n) is 9.98.